The Labute approximate surface area is 225 Å². The van der Waals surface area contributed by atoms with E-state index in [0.717, 1.165) is 42.5 Å². The molecule has 0 radical (unpaired) electrons. The van der Waals surface area contributed by atoms with Crippen LogP contribution in [0.15, 0.2) is 83.7 Å². The molecule has 0 spiro atoms. The first-order valence-electron chi connectivity index (χ1n) is 13.2. The summed E-state index contributed by atoms with van der Waals surface area (Å²) in [5.41, 5.74) is 3.41. The van der Waals surface area contributed by atoms with Gasteiger partial charge < -0.3 is 14.7 Å². The summed E-state index contributed by atoms with van der Waals surface area (Å²) in [4.78, 5) is 35.3. The van der Waals surface area contributed by atoms with Gasteiger partial charge in [-0.1, -0.05) is 48.7 Å². The quantitative estimate of drug-likeness (QED) is 0.331. The number of hydrogen-bond acceptors (Lipinski definition) is 6. The second-order valence-corrected chi connectivity index (χ2v) is 9.89. The minimum absolute atomic E-state index is 0.0898. The van der Waals surface area contributed by atoms with Crippen LogP contribution < -0.4 is 15.1 Å². The largest absolute Gasteiger partial charge is 0.376 e. The maximum absolute atomic E-state index is 14.4. The van der Waals surface area contributed by atoms with Gasteiger partial charge in [-0.25, -0.2) is 4.39 Å². The van der Waals surface area contributed by atoms with Crippen molar-refractivity contribution in [2.24, 2.45) is 0 Å². The van der Waals surface area contributed by atoms with Crippen LogP contribution in [0, 0.1) is 5.82 Å². The monoisotopic (exact) mass is 525 g/mol. The Morgan fingerprint density at radius 2 is 1.82 bits per heavy atom. The highest BCUT2D eigenvalue weighted by Gasteiger charge is 2.45. The normalized spacial score (nSPS) is 17.2. The molecule has 1 saturated carbocycles. The van der Waals surface area contributed by atoms with Gasteiger partial charge in [-0.2, -0.15) is 4.98 Å². The van der Waals surface area contributed by atoms with Gasteiger partial charge in [0.2, 0.25) is 18.1 Å². The zero-order valence-electron chi connectivity index (χ0n) is 21.3. The number of carbonyl (C=O) groups is 2. The lowest BCUT2D eigenvalue weighted by atomic mass is 9.94. The number of carbonyl (C=O) groups excluding carboxylic acids is 2. The number of rotatable bonds is 7. The molecule has 1 aromatic heterocycles. The van der Waals surface area contributed by atoms with Crippen LogP contribution in [-0.2, 0) is 9.59 Å². The molecule has 3 aromatic carbocycles. The average molecular weight is 526 g/mol. The fourth-order valence-corrected chi connectivity index (χ4v) is 5.65. The van der Waals surface area contributed by atoms with Gasteiger partial charge in [-0.15, -0.1) is 0 Å². The summed E-state index contributed by atoms with van der Waals surface area (Å²) in [6, 6.07) is 20.0. The molecule has 2 amide bonds. The molecule has 4 aromatic rings. The van der Waals surface area contributed by atoms with Crippen LogP contribution in [0.5, 0.6) is 0 Å². The minimum atomic E-state index is -0.875. The number of hydrogen-bond donors (Lipinski definition) is 1. The third-order valence-electron chi connectivity index (χ3n) is 7.46. The van der Waals surface area contributed by atoms with Gasteiger partial charge in [-0.05, 0) is 61.4 Å². The highest BCUT2D eigenvalue weighted by molar-refractivity contribution is 6.12. The number of halogens is 1. The van der Waals surface area contributed by atoms with Crippen LogP contribution in [0.3, 0.4) is 0 Å². The van der Waals surface area contributed by atoms with Gasteiger partial charge >= 0.3 is 0 Å². The van der Waals surface area contributed by atoms with Crippen LogP contribution in [0.2, 0.25) is 0 Å². The molecule has 39 heavy (non-hydrogen) atoms. The number of nitrogens with zero attached hydrogens (tertiary/aromatic N) is 4. The predicted molar refractivity (Wildman–Crippen MR) is 146 cm³/mol. The van der Waals surface area contributed by atoms with E-state index in [0.29, 0.717) is 17.2 Å². The lowest BCUT2D eigenvalue weighted by molar-refractivity contribution is -0.124. The van der Waals surface area contributed by atoms with E-state index in [4.69, 9.17) is 4.52 Å². The predicted octanol–water partition coefficient (Wildman–Crippen LogP) is 5.74. The molecule has 1 N–H and O–H groups in total. The summed E-state index contributed by atoms with van der Waals surface area (Å²) in [6.07, 6.45) is 6.44. The third kappa shape index (κ3) is 4.87. The van der Waals surface area contributed by atoms with Gasteiger partial charge in [-0.3, -0.25) is 14.5 Å². The van der Waals surface area contributed by atoms with E-state index >= 15 is 0 Å². The van der Waals surface area contributed by atoms with E-state index in [9.17, 15) is 14.0 Å². The van der Waals surface area contributed by atoms with E-state index in [1.165, 1.54) is 29.8 Å². The van der Waals surface area contributed by atoms with E-state index in [1.54, 1.807) is 12.1 Å². The first-order valence-corrected chi connectivity index (χ1v) is 13.2. The standard InChI is InChI=1S/C30H28FN5O3/c31-21-7-6-10-24(17-21)36(27(37)18-32-22-15-13-20(14-16-22)29-33-19-39-34-29)28-25-11-4-5-12-26(25)35(30(28)38)23-8-2-1-3-9-23/h4-7,10-17,19,23,28,32H,1-3,8-9,18H2. The summed E-state index contributed by atoms with van der Waals surface area (Å²) in [5, 5.41) is 6.97. The molecule has 9 heteroatoms. The molecule has 1 atom stereocenters. The molecule has 198 valence electrons. The zero-order valence-corrected chi connectivity index (χ0v) is 21.3. The Balaban J connectivity index is 1.30. The highest BCUT2D eigenvalue weighted by Crippen LogP contribution is 2.44. The Kier molecular flexibility index (Phi) is 6.79. The molecule has 1 unspecified atom stereocenters. The van der Waals surface area contributed by atoms with Crippen LogP contribution in [0.25, 0.3) is 11.4 Å². The Morgan fingerprint density at radius 1 is 1.03 bits per heavy atom. The summed E-state index contributed by atoms with van der Waals surface area (Å²) < 4.78 is 19.2. The summed E-state index contributed by atoms with van der Waals surface area (Å²) in [5.74, 6) is -0.499. The first-order chi connectivity index (χ1) is 19.1. The summed E-state index contributed by atoms with van der Waals surface area (Å²) >= 11 is 0. The number of anilines is 3. The molecule has 0 saturated heterocycles. The molecule has 2 heterocycles. The number of aromatic nitrogens is 2. The van der Waals surface area contributed by atoms with Crippen molar-refractivity contribution in [2.75, 3.05) is 21.7 Å². The number of fused-ring (bicyclic) bond motifs is 1. The van der Waals surface area contributed by atoms with Gasteiger partial charge in [0.15, 0.2) is 0 Å². The summed E-state index contributed by atoms with van der Waals surface area (Å²) in [6.45, 7) is -0.0898. The van der Waals surface area contributed by atoms with Crippen LogP contribution in [0.1, 0.15) is 43.7 Å². The van der Waals surface area contributed by atoms with Crippen molar-refractivity contribution < 1.29 is 18.5 Å². The molecular weight excluding hydrogens is 497 g/mol. The van der Waals surface area contributed by atoms with Crippen molar-refractivity contribution in [1.29, 1.82) is 0 Å². The van der Waals surface area contributed by atoms with Gasteiger partial charge in [0, 0.05) is 34.2 Å². The smallest absolute Gasteiger partial charge is 0.255 e. The SMILES string of the molecule is O=C1C(N(C(=O)CNc2ccc(-c3ncon3)cc2)c2cccc(F)c2)c2ccccc2N1C1CCCCC1. The second kappa shape index (κ2) is 10.7. The van der Waals surface area contributed by atoms with Crippen molar-refractivity contribution >= 4 is 28.9 Å². The molecule has 1 aliphatic carbocycles. The van der Waals surface area contributed by atoms with Crippen molar-refractivity contribution in [2.45, 2.75) is 44.2 Å². The van der Waals surface area contributed by atoms with E-state index in [2.05, 4.69) is 15.5 Å². The first kappa shape index (κ1) is 24.8. The third-order valence-corrected chi connectivity index (χ3v) is 7.46. The fraction of sp³-hybridized carbons (Fsp3) is 0.267. The lowest BCUT2D eigenvalue weighted by Crippen LogP contribution is -2.46. The molecule has 8 nitrogen and oxygen atoms in total. The van der Waals surface area contributed by atoms with Gasteiger partial charge in [0.25, 0.3) is 5.91 Å². The topological polar surface area (TPSA) is 91.6 Å². The summed E-state index contributed by atoms with van der Waals surface area (Å²) in [7, 11) is 0. The maximum atomic E-state index is 14.4. The number of nitrogens with one attached hydrogen (secondary N) is 1. The molecule has 0 bridgehead atoms. The van der Waals surface area contributed by atoms with Gasteiger partial charge in [0.05, 0.1) is 6.54 Å². The fourth-order valence-electron chi connectivity index (χ4n) is 5.65. The molecular formula is C30H28FN5O3. The second-order valence-electron chi connectivity index (χ2n) is 9.89. The van der Waals surface area contributed by atoms with Crippen LogP contribution in [0.4, 0.5) is 21.5 Å². The van der Waals surface area contributed by atoms with Crippen LogP contribution in [-0.4, -0.2) is 34.5 Å². The van der Waals surface area contributed by atoms with E-state index < -0.39 is 11.9 Å². The minimum Gasteiger partial charge on any atom is -0.376 e. The average Bonchev–Trinajstić information content (AvgIpc) is 3.60. The highest BCUT2D eigenvalue weighted by atomic mass is 19.1. The Bertz CT molecular complexity index is 1470. The number of amides is 2. The van der Waals surface area contributed by atoms with E-state index in [-0.39, 0.29) is 24.4 Å². The van der Waals surface area contributed by atoms with Crippen molar-refractivity contribution in [3.63, 3.8) is 0 Å². The van der Waals surface area contributed by atoms with Crippen molar-refractivity contribution in [1.82, 2.24) is 10.1 Å². The van der Waals surface area contributed by atoms with Crippen molar-refractivity contribution in [3.05, 3.63) is 90.6 Å². The number of para-hydroxylation sites is 1. The van der Waals surface area contributed by atoms with Crippen molar-refractivity contribution in [3.8, 4) is 11.4 Å². The van der Waals surface area contributed by atoms with Crippen LogP contribution >= 0.6 is 0 Å². The van der Waals surface area contributed by atoms with E-state index in [1.807, 2.05) is 53.4 Å². The Morgan fingerprint density at radius 3 is 2.56 bits per heavy atom. The molecule has 2 aliphatic rings. The molecule has 1 aliphatic heterocycles. The number of benzene rings is 3. The maximum Gasteiger partial charge on any atom is 0.255 e. The Hall–Kier alpha value is -4.53. The zero-order chi connectivity index (χ0) is 26.8. The molecule has 1 fully saturated rings. The lowest BCUT2D eigenvalue weighted by Gasteiger charge is -2.33. The van der Waals surface area contributed by atoms with Gasteiger partial charge in [0.1, 0.15) is 11.9 Å². The molecule has 6 rings (SSSR count).